The van der Waals surface area contributed by atoms with Gasteiger partial charge < -0.3 is 14.8 Å². The molecule has 0 radical (unpaired) electrons. The van der Waals surface area contributed by atoms with Gasteiger partial charge in [0.2, 0.25) is 0 Å². The highest BCUT2D eigenvalue weighted by molar-refractivity contribution is 6.15. The summed E-state index contributed by atoms with van der Waals surface area (Å²) in [6.45, 7) is 1.95. The molecule has 0 aliphatic heterocycles. The molecule has 6 heteroatoms. The van der Waals surface area contributed by atoms with Crippen molar-refractivity contribution in [3.05, 3.63) is 36.3 Å². The molecule has 1 rings (SSSR count). The average molecular weight is 264 g/mol. The van der Waals surface area contributed by atoms with Crippen LogP contribution in [0.15, 0.2) is 30.6 Å². The van der Waals surface area contributed by atoms with Crippen LogP contribution in [0.2, 0.25) is 0 Å². The first-order valence-electron chi connectivity index (χ1n) is 5.78. The van der Waals surface area contributed by atoms with Crippen molar-refractivity contribution in [1.82, 2.24) is 10.3 Å². The summed E-state index contributed by atoms with van der Waals surface area (Å²) >= 11 is 0. The van der Waals surface area contributed by atoms with E-state index >= 15 is 0 Å². The maximum absolute atomic E-state index is 11.8. The van der Waals surface area contributed by atoms with Crippen molar-refractivity contribution >= 4 is 17.5 Å². The van der Waals surface area contributed by atoms with Crippen molar-refractivity contribution in [2.75, 3.05) is 20.3 Å². The van der Waals surface area contributed by atoms with Crippen LogP contribution in [-0.2, 0) is 19.1 Å². The highest BCUT2D eigenvalue weighted by Crippen LogP contribution is 2.12. The first kappa shape index (κ1) is 14.7. The smallest absolute Gasteiger partial charge is 0.341 e. The lowest BCUT2D eigenvalue weighted by molar-refractivity contribution is -0.139. The monoisotopic (exact) mass is 264 g/mol. The molecule has 0 saturated heterocycles. The molecule has 0 aromatic carbocycles. The number of hydrogen-bond donors (Lipinski definition) is 1. The number of esters is 2. The number of methoxy groups -OCH3 is 1. The topological polar surface area (TPSA) is 77.5 Å². The molecule has 19 heavy (non-hydrogen) atoms. The van der Waals surface area contributed by atoms with Gasteiger partial charge >= 0.3 is 11.9 Å². The number of aromatic nitrogens is 1. The minimum Gasteiger partial charge on any atom is -0.468 e. The Balaban J connectivity index is 2.84. The maximum atomic E-state index is 11.8. The van der Waals surface area contributed by atoms with Gasteiger partial charge in [-0.2, -0.15) is 0 Å². The van der Waals surface area contributed by atoms with Crippen LogP contribution >= 0.6 is 0 Å². The quantitative estimate of drug-likeness (QED) is 0.603. The Kier molecular flexibility index (Phi) is 6.08. The van der Waals surface area contributed by atoms with E-state index in [1.54, 1.807) is 31.3 Å². The van der Waals surface area contributed by atoms with Crippen LogP contribution < -0.4 is 5.32 Å². The summed E-state index contributed by atoms with van der Waals surface area (Å²) in [5, 5.41) is 2.70. The molecule has 0 atom stereocenters. The van der Waals surface area contributed by atoms with Crippen molar-refractivity contribution < 1.29 is 19.1 Å². The average Bonchev–Trinajstić information content (AvgIpc) is 2.44. The molecule has 6 nitrogen and oxygen atoms in total. The minimum absolute atomic E-state index is 0.0355. The molecule has 0 aliphatic carbocycles. The van der Waals surface area contributed by atoms with E-state index in [0.29, 0.717) is 5.69 Å². The number of carbonyl (C=O) groups excluding carboxylic acids is 2. The first-order chi connectivity index (χ1) is 9.19. The summed E-state index contributed by atoms with van der Waals surface area (Å²) < 4.78 is 9.42. The van der Waals surface area contributed by atoms with Gasteiger partial charge in [0.15, 0.2) is 0 Å². The number of nitrogens with zero attached hydrogens (tertiary/aromatic N) is 1. The molecule has 0 amide bonds. The van der Waals surface area contributed by atoms with E-state index < -0.39 is 11.9 Å². The zero-order chi connectivity index (χ0) is 14.1. The van der Waals surface area contributed by atoms with Crippen LogP contribution in [0.4, 0.5) is 0 Å². The summed E-state index contributed by atoms with van der Waals surface area (Å²) in [5.74, 6) is -0.931. The second-order valence-electron chi connectivity index (χ2n) is 3.45. The Hall–Kier alpha value is -2.37. The normalized spacial score (nSPS) is 10.7. The van der Waals surface area contributed by atoms with Gasteiger partial charge in [-0.3, -0.25) is 9.78 Å². The van der Waals surface area contributed by atoms with Crippen LogP contribution in [0, 0.1) is 0 Å². The summed E-state index contributed by atoms with van der Waals surface area (Å²) in [5.41, 5.74) is 0.727. The van der Waals surface area contributed by atoms with E-state index in [0.717, 1.165) is 0 Å². The van der Waals surface area contributed by atoms with Crippen LogP contribution in [-0.4, -0.2) is 37.2 Å². The summed E-state index contributed by atoms with van der Waals surface area (Å²) in [7, 11) is 1.29. The SMILES string of the molecule is CCOC(=O)/C(=C\NCC(=O)OC)c1ccccn1. The van der Waals surface area contributed by atoms with Gasteiger partial charge in [0.05, 0.1) is 19.4 Å². The Labute approximate surface area is 111 Å². The lowest BCUT2D eigenvalue weighted by atomic mass is 10.2. The van der Waals surface area contributed by atoms with Gasteiger partial charge in [0.25, 0.3) is 0 Å². The van der Waals surface area contributed by atoms with Crippen molar-refractivity contribution in [1.29, 1.82) is 0 Å². The van der Waals surface area contributed by atoms with Gasteiger partial charge in [-0.1, -0.05) is 6.07 Å². The molecule has 0 fully saturated rings. The third kappa shape index (κ3) is 4.79. The Morgan fingerprint density at radius 1 is 1.42 bits per heavy atom. The molecule has 0 aliphatic rings. The Morgan fingerprint density at radius 3 is 2.79 bits per heavy atom. The predicted octanol–water partition coefficient (Wildman–Crippen LogP) is 0.748. The molecule has 0 bridgehead atoms. The van der Waals surface area contributed by atoms with Crippen molar-refractivity contribution in [3.63, 3.8) is 0 Å². The van der Waals surface area contributed by atoms with E-state index in [-0.39, 0.29) is 18.7 Å². The molecule has 1 heterocycles. The van der Waals surface area contributed by atoms with Gasteiger partial charge in [-0.15, -0.1) is 0 Å². The molecule has 0 unspecified atom stereocenters. The van der Waals surface area contributed by atoms with Gasteiger partial charge in [0.1, 0.15) is 12.1 Å². The first-order valence-corrected chi connectivity index (χ1v) is 5.78. The molecule has 1 N–H and O–H groups in total. The number of nitrogens with one attached hydrogen (secondary N) is 1. The fraction of sp³-hybridized carbons (Fsp3) is 0.308. The predicted molar refractivity (Wildman–Crippen MR) is 68.9 cm³/mol. The molecule has 102 valence electrons. The summed E-state index contributed by atoms with van der Waals surface area (Å²) in [6.07, 6.45) is 2.97. The zero-order valence-electron chi connectivity index (χ0n) is 10.9. The molecule has 0 saturated carbocycles. The van der Waals surface area contributed by atoms with E-state index in [1.165, 1.54) is 13.3 Å². The number of hydrogen-bond acceptors (Lipinski definition) is 6. The fourth-order valence-corrected chi connectivity index (χ4v) is 1.28. The lowest BCUT2D eigenvalue weighted by Gasteiger charge is -2.07. The van der Waals surface area contributed by atoms with Crippen LogP contribution in [0.5, 0.6) is 0 Å². The van der Waals surface area contributed by atoms with E-state index in [4.69, 9.17) is 4.74 Å². The highest BCUT2D eigenvalue weighted by atomic mass is 16.5. The molecular formula is C13H16N2O4. The summed E-state index contributed by atoms with van der Waals surface area (Å²) in [6, 6.07) is 5.19. The van der Waals surface area contributed by atoms with Gasteiger partial charge in [0, 0.05) is 12.4 Å². The molecule has 0 spiro atoms. The fourth-order valence-electron chi connectivity index (χ4n) is 1.28. The number of ether oxygens (including phenoxy) is 2. The molecular weight excluding hydrogens is 248 g/mol. The number of rotatable bonds is 6. The standard InChI is InChI=1S/C13H16N2O4/c1-3-19-13(17)10(8-14-9-12(16)18-2)11-6-4-5-7-15-11/h4-8,14H,3,9H2,1-2H3/b10-8-. The maximum Gasteiger partial charge on any atom is 0.341 e. The van der Waals surface area contributed by atoms with E-state index in [1.807, 2.05) is 0 Å². The summed E-state index contributed by atoms with van der Waals surface area (Å²) in [4.78, 5) is 26.9. The van der Waals surface area contributed by atoms with Crippen LogP contribution in [0.3, 0.4) is 0 Å². The Bertz CT molecular complexity index is 457. The second-order valence-corrected chi connectivity index (χ2v) is 3.45. The third-order valence-corrected chi connectivity index (χ3v) is 2.16. The van der Waals surface area contributed by atoms with E-state index in [9.17, 15) is 9.59 Å². The van der Waals surface area contributed by atoms with Gasteiger partial charge in [-0.25, -0.2) is 4.79 Å². The highest BCUT2D eigenvalue weighted by Gasteiger charge is 2.14. The van der Waals surface area contributed by atoms with Crippen LogP contribution in [0.1, 0.15) is 12.6 Å². The Morgan fingerprint density at radius 2 is 2.21 bits per heavy atom. The number of pyridine rings is 1. The van der Waals surface area contributed by atoms with Crippen molar-refractivity contribution in [2.45, 2.75) is 6.92 Å². The third-order valence-electron chi connectivity index (χ3n) is 2.16. The largest absolute Gasteiger partial charge is 0.468 e. The lowest BCUT2D eigenvalue weighted by Crippen LogP contribution is -2.21. The molecule has 1 aromatic heterocycles. The zero-order valence-corrected chi connectivity index (χ0v) is 10.9. The van der Waals surface area contributed by atoms with E-state index in [2.05, 4.69) is 15.0 Å². The number of carbonyl (C=O) groups is 2. The second kappa shape index (κ2) is 7.86. The molecule has 1 aromatic rings. The van der Waals surface area contributed by atoms with Crippen molar-refractivity contribution in [3.8, 4) is 0 Å². The van der Waals surface area contributed by atoms with Crippen molar-refractivity contribution in [2.24, 2.45) is 0 Å². The minimum atomic E-state index is -0.501. The van der Waals surface area contributed by atoms with Gasteiger partial charge in [-0.05, 0) is 19.1 Å². The van der Waals surface area contributed by atoms with Crippen LogP contribution in [0.25, 0.3) is 5.57 Å².